The van der Waals surface area contributed by atoms with E-state index in [0.29, 0.717) is 16.5 Å². The fourth-order valence-electron chi connectivity index (χ4n) is 4.11. The molecule has 2 aromatic carbocycles. The zero-order chi connectivity index (χ0) is 34.7. The fraction of sp³-hybridized carbons (Fsp3) is 0.143. The van der Waals surface area contributed by atoms with Crippen LogP contribution in [0.1, 0.15) is 67.9 Å². The second-order valence-electron chi connectivity index (χ2n) is 10.8. The van der Waals surface area contributed by atoms with Crippen LogP contribution in [0.3, 0.4) is 0 Å². The zero-order valence-electron chi connectivity index (χ0n) is 25.0. The number of benzene rings is 2. The molecule has 5 rings (SSSR count). The number of hydrogen-bond donors (Lipinski definition) is 6. The van der Waals surface area contributed by atoms with Gasteiger partial charge in [0.1, 0.15) is 12.0 Å². The molecule has 19 nitrogen and oxygen atoms in total. The van der Waals surface area contributed by atoms with E-state index in [9.17, 15) is 39.6 Å². The van der Waals surface area contributed by atoms with Crippen molar-refractivity contribution in [2.75, 3.05) is 10.6 Å². The largest absolute Gasteiger partial charge is 0.478 e. The van der Waals surface area contributed by atoms with E-state index in [1.807, 2.05) is 20.8 Å². The first kappa shape index (κ1) is 32.7. The molecular weight excluding hydrogens is 650 g/mol. The van der Waals surface area contributed by atoms with Crippen molar-refractivity contribution < 1.29 is 39.6 Å². The van der Waals surface area contributed by atoms with Crippen molar-refractivity contribution in [1.82, 2.24) is 34.1 Å². The zero-order valence-corrected chi connectivity index (χ0v) is 25.8. The van der Waals surface area contributed by atoms with Crippen LogP contribution in [-0.2, 0) is 5.41 Å². The molecule has 0 bridgehead atoms. The van der Waals surface area contributed by atoms with Crippen molar-refractivity contribution in [3.05, 3.63) is 76.9 Å². The minimum absolute atomic E-state index is 0.00108. The molecule has 0 saturated carbocycles. The fourth-order valence-corrected chi connectivity index (χ4v) is 4.47. The molecule has 20 heteroatoms. The van der Waals surface area contributed by atoms with Gasteiger partial charge in [0.2, 0.25) is 17.0 Å². The number of azo groups is 1. The maximum atomic E-state index is 11.7. The van der Waals surface area contributed by atoms with Crippen LogP contribution >= 0.6 is 11.5 Å². The standard InChI is InChI=1S/C28H23N11O8S/c1-28(2,3)19-18(36-37-27-29-11-30-48-27)10-39(38-19)26-34-24(31-16-6-12(20(40)41)4-13(7-16)21(42)43)33-25(35-26)32-17-8-14(22(44)45)5-15(9-17)23(46)47/h4-11H,1-3H3,(H,40,41)(H,42,43)(H,44,45)(H,46,47)(H2,31,32,33,34,35). The van der Waals surface area contributed by atoms with E-state index in [4.69, 9.17) is 0 Å². The Kier molecular flexibility index (Phi) is 8.83. The molecule has 0 fully saturated rings. The van der Waals surface area contributed by atoms with E-state index in [1.165, 1.54) is 41.5 Å². The number of carboxylic acid groups (broad SMARTS) is 4. The first-order valence-electron chi connectivity index (χ1n) is 13.5. The van der Waals surface area contributed by atoms with Crippen molar-refractivity contribution in [1.29, 1.82) is 0 Å². The van der Waals surface area contributed by atoms with Gasteiger partial charge in [-0.05, 0) is 36.4 Å². The lowest BCUT2D eigenvalue weighted by Gasteiger charge is -2.15. The summed E-state index contributed by atoms with van der Waals surface area (Å²) in [6, 6.07) is 6.62. The van der Waals surface area contributed by atoms with Gasteiger partial charge >= 0.3 is 23.9 Å². The van der Waals surface area contributed by atoms with E-state index < -0.39 is 29.3 Å². The van der Waals surface area contributed by atoms with Crippen LogP contribution in [0, 0.1) is 0 Å². The summed E-state index contributed by atoms with van der Waals surface area (Å²) < 4.78 is 5.16. The first-order valence-corrected chi connectivity index (χ1v) is 14.3. The molecule has 0 aliphatic carbocycles. The van der Waals surface area contributed by atoms with Gasteiger partial charge in [0.25, 0.3) is 5.95 Å². The van der Waals surface area contributed by atoms with Gasteiger partial charge in [0.15, 0.2) is 0 Å². The Balaban J connectivity index is 1.65. The predicted octanol–water partition coefficient (Wildman–Crippen LogP) is 4.90. The first-order chi connectivity index (χ1) is 22.7. The number of anilines is 4. The van der Waals surface area contributed by atoms with Gasteiger partial charge < -0.3 is 31.1 Å². The van der Waals surface area contributed by atoms with Crippen molar-refractivity contribution in [3.63, 3.8) is 0 Å². The number of aromatic carboxylic acids is 4. The van der Waals surface area contributed by atoms with Gasteiger partial charge in [0, 0.05) is 28.3 Å². The van der Waals surface area contributed by atoms with Crippen molar-refractivity contribution in [2.45, 2.75) is 26.2 Å². The van der Waals surface area contributed by atoms with Crippen molar-refractivity contribution >= 4 is 69.5 Å². The second kappa shape index (κ2) is 13.0. The highest BCUT2D eigenvalue weighted by Gasteiger charge is 2.25. The Morgan fingerprint density at radius 3 is 1.60 bits per heavy atom. The van der Waals surface area contributed by atoms with Crippen molar-refractivity contribution in [3.8, 4) is 5.95 Å². The van der Waals surface area contributed by atoms with E-state index in [2.05, 4.69) is 50.3 Å². The lowest BCUT2D eigenvalue weighted by molar-refractivity contribution is 0.0676. The molecule has 0 radical (unpaired) electrons. The number of aromatic nitrogens is 7. The summed E-state index contributed by atoms with van der Waals surface area (Å²) >= 11 is 1.03. The minimum atomic E-state index is -1.38. The Morgan fingerprint density at radius 1 is 0.729 bits per heavy atom. The quantitative estimate of drug-likeness (QED) is 0.102. The molecule has 0 aliphatic heterocycles. The molecule has 0 unspecified atom stereocenters. The van der Waals surface area contributed by atoms with Gasteiger partial charge in [-0.15, -0.1) is 10.2 Å². The lowest BCUT2D eigenvalue weighted by atomic mass is 9.91. The third-order valence-electron chi connectivity index (χ3n) is 6.19. The van der Waals surface area contributed by atoms with Crippen LogP contribution in [0.5, 0.6) is 0 Å². The maximum absolute atomic E-state index is 11.7. The molecular formula is C28H23N11O8S. The third-order valence-corrected chi connectivity index (χ3v) is 6.74. The molecule has 0 aliphatic rings. The average Bonchev–Trinajstić information content (AvgIpc) is 3.70. The molecule has 0 spiro atoms. The lowest BCUT2D eigenvalue weighted by Crippen LogP contribution is -2.14. The molecule has 0 atom stereocenters. The van der Waals surface area contributed by atoms with E-state index in [0.717, 1.165) is 23.7 Å². The van der Waals surface area contributed by atoms with E-state index in [-0.39, 0.29) is 51.5 Å². The van der Waals surface area contributed by atoms with Crippen molar-refractivity contribution in [2.24, 2.45) is 10.2 Å². The monoisotopic (exact) mass is 673 g/mol. The molecule has 3 aromatic heterocycles. The van der Waals surface area contributed by atoms with Crippen LogP contribution < -0.4 is 10.6 Å². The van der Waals surface area contributed by atoms with Crippen LogP contribution in [0.4, 0.5) is 34.1 Å². The number of nitrogens with one attached hydrogen (secondary N) is 2. The van der Waals surface area contributed by atoms with Gasteiger partial charge in [-0.2, -0.15) is 24.4 Å². The number of rotatable bonds is 11. The summed E-state index contributed by atoms with van der Waals surface area (Å²) in [6.07, 6.45) is 2.81. The van der Waals surface area contributed by atoms with Crippen LogP contribution in [-0.4, -0.2) is 78.4 Å². The summed E-state index contributed by atoms with van der Waals surface area (Å²) in [6.45, 7) is 5.67. The Labute approximate surface area is 272 Å². The van der Waals surface area contributed by atoms with E-state index in [1.54, 1.807) is 0 Å². The van der Waals surface area contributed by atoms with Crippen LogP contribution in [0.25, 0.3) is 5.95 Å². The molecule has 244 valence electrons. The molecule has 6 N–H and O–H groups in total. The average molecular weight is 674 g/mol. The SMILES string of the molecule is CC(C)(C)c1nn(-c2nc(Nc3cc(C(=O)O)cc(C(=O)O)c3)nc(Nc3cc(C(=O)O)cc(C(=O)O)c3)n2)cc1N=Nc1ncns1. The molecule has 48 heavy (non-hydrogen) atoms. The Bertz CT molecular complexity index is 1950. The highest BCUT2D eigenvalue weighted by Crippen LogP contribution is 2.33. The number of hydrogen-bond acceptors (Lipinski definition) is 15. The van der Waals surface area contributed by atoms with Gasteiger partial charge in [-0.25, -0.2) is 28.8 Å². The summed E-state index contributed by atoms with van der Waals surface area (Å²) in [5.74, 6) is -6.10. The van der Waals surface area contributed by atoms with Gasteiger partial charge in [0.05, 0.1) is 34.1 Å². The predicted molar refractivity (Wildman–Crippen MR) is 167 cm³/mol. The smallest absolute Gasteiger partial charge is 0.335 e. The van der Waals surface area contributed by atoms with E-state index >= 15 is 0 Å². The third kappa shape index (κ3) is 7.56. The highest BCUT2D eigenvalue weighted by atomic mass is 32.1. The van der Waals surface area contributed by atoms with Gasteiger partial charge in [-0.1, -0.05) is 20.8 Å². The molecule has 0 saturated heterocycles. The Morgan fingerprint density at radius 2 is 1.21 bits per heavy atom. The molecule has 3 heterocycles. The number of nitrogens with zero attached hydrogens (tertiary/aromatic N) is 9. The maximum Gasteiger partial charge on any atom is 0.335 e. The van der Waals surface area contributed by atoms with Crippen LogP contribution in [0.15, 0.2) is 59.2 Å². The number of carboxylic acids is 4. The minimum Gasteiger partial charge on any atom is -0.478 e. The summed E-state index contributed by atoms with van der Waals surface area (Å²) in [7, 11) is 0. The van der Waals surface area contributed by atoms with Gasteiger partial charge in [-0.3, -0.25) is 0 Å². The Hall–Kier alpha value is -6.70. The highest BCUT2D eigenvalue weighted by molar-refractivity contribution is 7.09. The summed E-state index contributed by atoms with van der Waals surface area (Å²) in [4.78, 5) is 63.7. The summed E-state index contributed by atoms with van der Waals surface area (Å²) in [5.41, 5.74) is -1.05. The molecule has 5 aromatic rings. The topological polar surface area (TPSA) is 280 Å². The van der Waals surface area contributed by atoms with Crippen LogP contribution in [0.2, 0.25) is 0 Å². The molecule has 0 amide bonds. The number of carbonyl (C=O) groups is 4. The summed E-state index contributed by atoms with van der Waals surface area (Å²) in [5, 5.41) is 56.9. The second-order valence-corrected chi connectivity index (χ2v) is 11.6. The normalized spacial score (nSPS) is 11.4.